The van der Waals surface area contributed by atoms with Crippen LogP contribution in [0.15, 0.2) is 34.9 Å². The second-order valence-electron chi connectivity index (χ2n) is 2.60. The molecule has 66 valence electrons. The molecule has 4 heteroatoms. The Morgan fingerprint density at radius 1 is 1.23 bits per heavy atom. The van der Waals surface area contributed by atoms with Crippen molar-refractivity contribution in [2.45, 2.75) is 0 Å². The highest BCUT2D eigenvalue weighted by molar-refractivity contribution is 9.10. The van der Waals surface area contributed by atoms with Crippen LogP contribution in [0.2, 0.25) is 5.02 Å². The average Bonchev–Trinajstić information content (AvgIpc) is 2.53. The van der Waals surface area contributed by atoms with Crippen molar-refractivity contribution in [3.8, 4) is 11.3 Å². The van der Waals surface area contributed by atoms with Crippen molar-refractivity contribution in [3.05, 3.63) is 40.0 Å². The molecule has 0 unspecified atom stereocenters. The summed E-state index contributed by atoms with van der Waals surface area (Å²) in [4.78, 5) is 0. The van der Waals surface area contributed by atoms with Crippen molar-refractivity contribution in [1.82, 2.24) is 10.2 Å². The molecule has 1 aromatic carbocycles. The molecule has 2 aromatic rings. The van der Waals surface area contributed by atoms with Gasteiger partial charge in [0.25, 0.3) is 0 Å². The zero-order valence-electron chi connectivity index (χ0n) is 6.59. The summed E-state index contributed by atoms with van der Waals surface area (Å²) in [6, 6.07) is 7.88. The zero-order valence-corrected chi connectivity index (χ0v) is 8.93. The molecule has 1 aromatic heterocycles. The molecular formula is C9H6BrClN2. The van der Waals surface area contributed by atoms with Crippen LogP contribution >= 0.6 is 27.5 Å². The molecule has 0 aliphatic heterocycles. The van der Waals surface area contributed by atoms with Gasteiger partial charge in [0, 0.05) is 10.0 Å². The highest BCUT2D eigenvalue weighted by atomic mass is 79.9. The number of H-pyrrole nitrogens is 1. The van der Waals surface area contributed by atoms with E-state index in [0.717, 1.165) is 15.7 Å². The van der Waals surface area contributed by atoms with Crippen LogP contribution in [0.1, 0.15) is 0 Å². The van der Waals surface area contributed by atoms with E-state index in [0.29, 0.717) is 5.02 Å². The molecule has 0 radical (unpaired) electrons. The monoisotopic (exact) mass is 256 g/mol. The molecular weight excluding hydrogens is 251 g/mol. The maximum Gasteiger partial charge on any atom is 0.0862 e. The minimum atomic E-state index is 0.641. The number of benzene rings is 1. The van der Waals surface area contributed by atoms with Crippen LogP contribution < -0.4 is 0 Å². The molecule has 0 amide bonds. The Balaban J connectivity index is 2.47. The Morgan fingerprint density at radius 2 is 1.92 bits per heavy atom. The van der Waals surface area contributed by atoms with E-state index in [-0.39, 0.29) is 0 Å². The van der Waals surface area contributed by atoms with E-state index >= 15 is 0 Å². The predicted octanol–water partition coefficient (Wildman–Crippen LogP) is 3.49. The summed E-state index contributed by atoms with van der Waals surface area (Å²) < 4.78 is 1.05. The minimum Gasteiger partial charge on any atom is -0.276 e. The Labute approximate surface area is 89.1 Å². The van der Waals surface area contributed by atoms with E-state index in [2.05, 4.69) is 26.1 Å². The lowest BCUT2D eigenvalue weighted by Gasteiger charge is -1.97. The van der Waals surface area contributed by atoms with Crippen LogP contribution in [0.25, 0.3) is 11.3 Å². The first kappa shape index (κ1) is 8.78. The summed E-state index contributed by atoms with van der Waals surface area (Å²) >= 11 is 9.28. The van der Waals surface area contributed by atoms with Crippen molar-refractivity contribution in [2.24, 2.45) is 0 Å². The summed E-state index contributed by atoms with van der Waals surface area (Å²) in [5, 5.41) is 7.34. The number of nitrogens with zero attached hydrogens (tertiary/aromatic N) is 1. The van der Waals surface area contributed by atoms with Crippen LogP contribution in [-0.4, -0.2) is 10.2 Å². The minimum absolute atomic E-state index is 0.641. The van der Waals surface area contributed by atoms with Crippen molar-refractivity contribution in [3.63, 3.8) is 0 Å². The van der Waals surface area contributed by atoms with Crippen LogP contribution in [0.4, 0.5) is 0 Å². The molecule has 0 spiro atoms. The third-order valence-corrected chi connectivity index (χ3v) is 2.54. The van der Waals surface area contributed by atoms with Gasteiger partial charge >= 0.3 is 0 Å². The van der Waals surface area contributed by atoms with Gasteiger partial charge in [0.15, 0.2) is 0 Å². The molecule has 0 fully saturated rings. The van der Waals surface area contributed by atoms with E-state index in [1.54, 1.807) is 6.20 Å². The standard InChI is InChI=1S/C9H6BrClN2/c10-7-3-1-6(2-4-7)9-8(11)5-12-13-9/h1-5H,(H,12,13). The fourth-order valence-electron chi connectivity index (χ4n) is 1.09. The SMILES string of the molecule is Clc1cn[nH]c1-c1ccc(Br)cc1. The Bertz CT molecular complexity index is 408. The molecule has 1 N–H and O–H groups in total. The molecule has 1 heterocycles. The lowest BCUT2D eigenvalue weighted by atomic mass is 10.2. The van der Waals surface area contributed by atoms with Crippen molar-refractivity contribution in [1.29, 1.82) is 0 Å². The molecule has 0 bridgehead atoms. The number of halogens is 2. The maximum atomic E-state index is 5.91. The normalized spacial score (nSPS) is 10.3. The fraction of sp³-hybridized carbons (Fsp3) is 0. The average molecular weight is 258 g/mol. The first-order chi connectivity index (χ1) is 6.27. The van der Waals surface area contributed by atoms with Gasteiger partial charge in [0.2, 0.25) is 0 Å². The molecule has 0 aliphatic rings. The number of nitrogens with one attached hydrogen (secondary N) is 1. The predicted molar refractivity (Wildman–Crippen MR) is 56.7 cm³/mol. The van der Waals surface area contributed by atoms with Crippen LogP contribution in [-0.2, 0) is 0 Å². The topological polar surface area (TPSA) is 28.7 Å². The van der Waals surface area contributed by atoms with Gasteiger partial charge in [-0.3, -0.25) is 5.10 Å². The molecule has 0 atom stereocenters. The van der Waals surface area contributed by atoms with E-state index in [4.69, 9.17) is 11.6 Å². The first-order valence-corrected chi connectivity index (χ1v) is 4.89. The molecule has 13 heavy (non-hydrogen) atoms. The lowest BCUT2D eigenvalue weighted by molar-refractivity contribution is 1.10. The highest BCUT2D eigenvalue weighted by Crippen LogP contribution is 2.25. The zero-order chi connectivity index (χ0) is 9.26. The molecule has 0 saturated carbocycles. The van der Waals surface area contributed by atoms with Crippen molar-refractivity contribution < 1.29 is 0 Å². The highest BCUT2D eigenvalue weighted by Gasteiger charge is 2.03. The summed E-state index contributed by atoms with van der Waals surface area (Å²) in [6.07, 6.45) is 1.60. The van der Waals surface area contributed by atoms with Gasteiger partial charge in [0.1, 0.15) is 0 Å². The number of hydrogen-bond donors (Lipinski definition) is 1. The van der Waals surface area contributed by atoms with E-state index in [1.165, 1.54) is 0 Å². The van der Waals surface area contributed by atoms with Crippen LogP contribution in [0.3, 0.4) is 0 Å². The number of rotatable bonds is 1. The number of aromatic amines is 1. The van der Waals surface area contributed by atoms with Gasteiger partial charge in [-0.15, -0.1) is 0 Å². The summed E-state index contributed by atoms with van der Waals surface area (Å²) in [5.74, 6) is 0. The lowest BCUT2D eigenvalue weighted by Crippen LogP contribution is -1.77. The van der Waals surface area contributed by atoms with Crippen LogP contribution in [0, 0.1) is 0 Å². The second-order valence-corrected chi connectivity index (χ2v) is 3.92. The van der Waals surface area contributed by atoms with E-state index in [1.807, 2.05) is 24.3 Å². The van der Waals surface area contributed by atoms with Crippen LogP contribution in [0.5, 0.6) is 0 Å². The van der Waals surface area contributed by atoms with Crippen molar-refractivity contribution in [2.75, 3.05) is 0 Å². The molecule has 0 saturated heterocycles. The number of aromatic nitrogens is 2. The van der Waals surface area contributed by atoms with Gasteiger partial charge in [-0.25, -0.2) is 0 Å². The smallest absolute Gasteiger partial charge is 0.0862 e. The maximum absolute atomic E-state index is 5.91. The first-order valence-electron chi connectivity index (χ1n) is 3.72. The van der Waals surface area contributed by atoms with E-state index in [9.17, 15) is 0 Å². The van der Waals surface area contributed by atoms with Gasteiger partial charge in [-0.2, -0.15) is 5.10 Å². The van der Waals surface area contributed by atoms with E-state index < -0.39 is 0 Å². The molecule has 2 nitrogen and oxygen atoms in total. The number of hydrogen-bond acceptors (Lipinski definition) is 1. The summed E-state index contributed by atoms with van der Waals surface area (Å²) in [6.45, 7) is 0. The van der Waals surface area contributed by atoms with Gasteiger partial charge in [-0.1, -0.05) is 39.7 Å². The Kier molecular flexibility index (Phi) is 2.38. The summed E-state index contributed by atoms with van der Waals surface area (Å²) in [7, 11) is 0. The van der Waals surface area contributed by atoms with Crippen molar-refractivity contribution >= 4 is 27.5 Å². The third-order valence-electron chi connectivity index (χ3n) is 1.73. The summed E-state index contributed by atoms with van der Waals surface area (Å²) in [5.41, 5.74) is 1.89. The quantitative estimate of drug-likeness (QED) is 0.832. The largest absolute Gasteiger partial charge is 0.276 e. The van der Waals surface area contributed by atoms with Gasteiger partial charge in [0.05, 0.1) is 16.9 Å². The fourth-order valence-corrected chi connectivity index (χ4v) is 1.55. The Morgan fingerprint density at radius 3 is 2.46 bits per heavy atom. The third kappa shape index (κ3) is 1.76. The van der Waals surface area contributed by atoms with Gasteiger partial charge < -0.3 is 0 Å². The second kappa shape index (κ2) is 3.52. The Hall–Kier alpha value is -0.800. The molecule has 0 aliphatic carbocycles. The molecule has 2 rings (SSSR count). The van der Waals surface area contributed by atoms with Gasteiger partial charge in [-0.05, 0) is 12.1 Å².